The van der Waals surface area contributed by atoms with Gasteiger partial charge < -0.3 is 9.64 Å². The van der Waals surface area contributed by atoms with Crippen LogP contribution in [0.5, 0.6) is 0 Å². The number of aryl methyl sites for hydroxylation is 1. The smallest absolute Gasteiger partial charge is 0.338 e. The molecule has 0 unspecified atom stereocenters. The third kappa shape index (κ3) is 4.01. The lowest BCUT2D eigenvalue weighted by atomic mass is 10.2. The van der Waals surface area contributed by atoms with Crippen molar-refractivity contribution < 1.29 is 22.7 Å². The zero-order chi connectivity index (χ0) is 20.5. The highest BCUT2D eigenvalue weighted by atomic mass is 32.2. The zero-order valence-electron chi connectivity index (χ0n) is 16.2. The normalized spacial score (nSPS) is 19.5. The van der Waals surface area contributed by atoms with Gasteiger partial charge in [-0.15, -0.1) is 5.10 Å². The van der Waals surface area contributed by atoms with Crippen LogP contribution < -0.4 is 0 Å². The summed E-state index contributed by atoms with van der Waals surface area (Å²) in [6, 6.07) is 4.56. The quantitative estimate of drug-likeness (QED) is 0.656. The highest BCUT2D eigenvalue weighted by Gasteiger charge is 2.36. The predicted octanol–water partition coefficient (Wildman–Crippen LogP) is 1.03. The summed E-state index contributed by atoms with van der Waals surface area (Å²) >= 11 is 0. The van der Waals surface area contributed by atoms with Crippen molar-refractivity contribution in [2.45, 2.75) is 45.9 Å². The minimum Gasteiger partial charge on any atom is -0.449 e. The van der Waals surface area contributed by atoms with Gasteiger partial charge in [-0.1, -0.05) is 5.21 Å². The molecule has 28 heavy (non-hydrogen) atoms. The molecule has 1 fully saturated rings. The molecule has 9 nitrogen and oxygen atoms in total. The molecule has 1 aromatic heterocycles. The molecule has 0 saturated carbocycles. The fraction of sp³-hybridized carbons (Fsp3) is 0.556. The Kier molecular flexibility index (Phi) is 5.69. The van der Waals surface area contributed by atoms with Crippen LogP contribution >= 0.6 is 0 Å². The molecule has 3 rings (SSSR count). The number of amides is 1. The average Bonchev–Trinajstić information content (AvgIpc) is 3.24. The summed E-state index contributed by atoms with van der Waals surface area (Å²) < 4.78 is 30.5. The molecule has 0 radical (unpaired) electrons. The van der Waals surface area contributed by atoms with Crippen molar-refractivity contribution in [3.63, 3.8) is 0 Å². The van der Waals surface area contributed by atoms with Gasteiger partial charge in [0, 0.05) is 19.1 Å². The number of nitrogens with zero attached hydrogens (tertiary/aromatic N) is 4. The second-order valence-corrected chi connectivity index (χ2v) is 9.07. The van der Waals surface area contributed by atoms with Crippen molar-refractivity contribution in [1.82, 2.24) is 19.9 Å². The molecule has 152 valence electrons. The van der Waals surface area contributed by atoms with E-state index >= 15 is 0 Å². The predicted molar refractivity (Wildman–Crippen MR) is 103 cm³/mol. The van der Waals surface area contributed by atoms with E-state index in [1.807, 2.05) is 6.92 Å². The molecule has 2 aromatic rings. The number of likely N-dealkylation sites (N-methyl/N-ethyl adjacent to an activating group) is 1. The molecule has 10 heteroatoms. The first kappa shape index (κ1) is 20.2. The fourth-order valence-corrected chi connectivity index (χ4v) is 5.19. The Bertz CT molecular complexity index is 1000. The fourth-order valence-electron chi connectivity index (χ4n) is 3.46. The maximum absolute atomic E-state index is 12.7. The SMILES string of the molecule is CCN(C(=O)[C@@H](C)OC(=O)c1ccc2c(c1)nnn2CC)[C@@H]1CCS(=O)(=O)C1. The molecular weight excluding hydrogens is 384 g/mol. The van der Waals surface area contributed by atoms with Gasteiger partial charge in [0.2, 0.25) is 0 Å². The van der Waals surface area contributed by atoms with Crippen LogP contribution in [-0.4, -0.2) is 70.4 Å². The summed E-state index contributed by atoms with van der Waals surface area (Å²) in [5.41, 5.74) is 1.66. The van der Waals surface area contributed by atoms with Crippen molar-refractivity contribution in [3.05, 3.63) is 23.8 Å². The number of rotatable bonds is 6. The highest BCUT2D eigenvalue weighted by molar-refractivity contribution is 7.91. The molecule has 1 aliphatic rings. The van der Waals surface area contributed by atoms with Crippen molar-refractivity contribution >= 4 is 32.7 Å². The first-order valence-electron chi connectivity index (χ1n) is 9.31. The first-order chi connectivity index (χ1) is 13.3. The van der Waals surface area contributed by atoms with E-state index in [1.165, 1.54) is 11.8 Å². The lowest BCUT2D eigenvalue weighted by Gasteiger charge is -2.29. The van der Waals surface area contributed by atoms with Gasteiger partial charge in [0.1, 0.15) is 5.52 Å². The maximum atomic E-state index is 12.7. The minimum absolute atomic E-state index is 0.0446. The number of sulfone groups is 1. The van der Waals surface area contributed by atoms with E-state index < -0.39 is 27.8 Å². The van der Waals surface area contributed by atoms with Crippen LogP contribution in [-0.2, 0) is 25.9 Å². The van der Waals surface area contributed by atoms with Crippen LogP contribution in [0.4, 0.5) is 0 Å². The van der Waals surface area contributed by atoms with Crippen LogP contribution in [0.2, 0.25) is 0 Å². The molecule has 0 bridgehead atoms. The molecule has 2 atom stereocenters. The minimum atomic E-state index is -3.11. The van der Waals surface area contributed by atoms with Gasteiger partial charge in [-0.05, 0) is 45.4 Å². The number of aromatic nitrogens is 3. The number of hydrogen-bond acceptors (Lipinski definition) is 7. The number of carbonyl (C=O) groups is 2. The van der Waals surface area contributed by atoms with Crippen molar-refractivity contribution in [3.8, 4) is 0 Å². The Morgan fingerprint density at radius 2 is 2.11 bits per heavy atom. The molecule has 1 saturated heterocycles. The number of hydrogen-bond donors (Lipinski definition) is 0. The lowest BCUT2D eigenvalue weighted by Crippen LogP contribution is -2.46. The van der Waals surface area contributed by atoms with Crippen LogP contribution in [0, 0.1) is 0 Å². The lowest BCUT2D eigenvalue weighted by molar-refractivity contribution is -0.141. The van der Waals surface area contributed by atoms with E-state index in [0.29, 0.717) is 25.0 Å². The van der Waals surface area contributed by atoms with Crippen molar-refractivity contribution in [1.29, 1.82) is 0 Å². The van der Waals surface area contributed by atoms with Crippen LogP contribution in [0.3, 0.4) is 0 Å². The highest BCUT2D eigenvalue weighted by Crippen LogP contribution is 2.20. The Morgan fingerprint density at radius 3 is 2.71 bits per heavy atom. The summed E-state index contributed by atoms with van der Waals surface area (Å²) in [6.07, 6.45) is -0.607. The van der Waals surface area contributed by atoms with E-state index in [0.717, 1.165) is 5.52 Å². The molecular formula is C18H24N4O5S. The van der Waals surface area contributed by atoms with Crippen molar-refractivity contribution in [2.75, 3.05) is 18.1 Å². The van der Waals surface area contributed by atoms with E-state index in [9.17, 15) is 18.0 Å². The van der Waals surface area contributed by atoms with Gasteiger partial charge in [-0.3, -0.25) is 4.79 Å². The van der Waals surface area contributed by atoms with E-state index in [-0.39, 0.29) is 23.1 Å². The summed E-state index contributed by atoms with van der Waals surface area (Å²) in [7, 11) is -3.11. The van der Waals surface area contributed by atoms with Gasteiger partial charge >= 0.3 is 5.97 Å². The summed E-state index contributed by atoms with van der Waals surface area (Å²) in [5, 5.41) is 8.03. The van der Waals surface area contributed by atoms with Gasteiger partial charge in [0.15, 0.2) is 15.9 Å². The van der Waals surface area contributed by atoms with Crippen LogP contribution in [0.1, 0.15) is 37.6 Å². The average molecular weight is 408 g/mol. The molecule has 2 heterocycles. The van der Waals surface area contributed by atoms with E-state index in [4.69, 9.17) is 4.74 Å². The number of carbonyl (C=O) groups excluding carboxylic acids is 2. The maximum Gasteiger partial charge on any atom is 0.338 e. The topological polar surface area (TPSA) is 111 Å². The Hall–Kier alpha value is -2.49. The standard InChI is InChI=1S/C18H24N4O5S/c1-4-21(14-8-9-28(25,26)11-14)17(23)12(3)27-18(24)13-6-7-16-15(10-13)19-20-22(16)5-2/h6-7,10,12,14H,4-5,8-9,11H2,1-3H3/t12-,14-/m1/s1. The monoisotopic (exact) mass is 408 g/mol. The Morgan fingerprint density at radius 1 is 1.36 bits per heavy atom. The Balaban J connectivity index is 1.69. The molecule has 1 aliphatic heterocycles. The Labute approximate surface area is 163 Å². The van der Waals surface area contributed by atoms with Gasteiger partial charge in [-0.25, -0.2) is 17.9 Å². The van der Waals surface area contributed by atoms with Crippen LogP contribution in [0.15, 0.2) is 18.2 Å². The zero-order valence-corrected chi connectivity index (χ0v) is 17.0. The number of benzene rings is 1. The molecule has 0 N–H and O–H groups in total. The van der Waals surface area contributed by atoms with E-state index in [1.54, 1.807) is 29.8 Å². The van der Waals surface area contributed by atoms with Crippen molar-refractivity contribution in [2.24, 2.45) is 0 Å². The molecule has 0 spiro atoms. The van der Waals surface area contributed by atoms with Crippen LogP contribution in [0.25, 0.3) is 11.0 Å². The third-order valence-corrected chi connectivity index (χ3v) is 6.70. The second kappa shape index (κ2) is 7.86. The number of fused-ring (bicyclic) bond motifs is 1. The number of esters is 1. The number of ether oxygens (including phenoxy) is 1. The summed E-state index contributed by atoms with van der Waals surface area (Å²) in [6.45, 7) is 6.24. The summed E-state index contributed by atoms with van der Waals surface area (Å²) in [4.78, 5) is 26.7. The molecule has 1 amide bonds. The first-order valence-corrected chi connectivity index (χ1v) is 11.1. The summed E-state index contributed by atoms with van der Waals surface area (Å²) in [5.74, 6) is -0.995. The second-order valence-electron chi connectivity index (χ2n) is 6.84. The van der Waals surface area contributed by atoms with E-state index in [2.05, 4.69) is 10.3 Å². The van der Waals surface area contributed by atoms with Gasteiger partial charge in [-0.2, -0.15) is 0 Å². The van der Waals surface area contributed by atoms with Gasteiger partial charge in [0.25, 0.3) is 5.91 Å². The van der Waals surface area contributed by atoms with Gasteiger partial charge in [0.05, 0.1) is 22.6 Å². The third-order valence-electron chi connectivity index (χ3n) is 4.95. The molecule has 1 aromatic carbocycles. The molecule has 0 aliphatic carbocycles. The largest absolute Gasteiger partial charge is 0.449 e.